The summed E-state index contributed by atoms with van der Waals surface area (Å²) in [5.74, 6) is 0. The molecule has 0 radical (unpaired) electrons. The highest BCUT2D eigenvalue weighted by Crippen LogP contribution is 2.29. The van der Waals surface area contributed by atoms with Crippen LogP contribution in [0.2, 0.25) is 0 Å². The minimum atomic E-state index is -4.38. The molecule has 8 heteroatoms. The third-order valence-electron chi connectivity index (χ3n) is 3.19. The zero-order valence-corrected chi connectivity index (χ0v) is 12.1. The number of hydrogen-bond acceptors (Lipinski definition) is 3. The third kappa shape index (κ3) is 3.63. The average molecular weight is 301 g/mol. The molecular weight excluding hydrogens is 283 g/mol. The molecule has 0 saturated carbocycles. The molecule has 0 bridgehead atoms. The summed E-state index contributed by atoms with van der Waals surface area (Å²) in [6.07, 6.45) is -2.56. The predicted octanol–water partition coefficient (Wildman–Crippen LogP) is 2.51. The molecule has 0 amide bonds. The maximum atomic E-state index is 12.8. The van der Waals surface area contributed by atoms with Crippen molar-refractivity contribution in [3.8, 4) is 0 Å². The van der Waals surface area contributed by atoms with Crippen molar-refractivity contribution in [2.24, 2.45) is 7.05 Å². The van der Waals surface area contributed by atoms with E-state index in [2.05, 4.69) is 15.5 Å². The maximum Gasteiger partial charge on any atom is 0.433 e. The van der Waals surface area contributed by atoms with Gasteiger partial charge in [0.1, 0.15) is 5.69 Å². The van der Waals surface area contributed by atoms with Crippen LogP contribution in [-0.4, -0.2) is 19.6 Å². The minimum Gasteiger partial charge on any atom is -0.303 e. The number of alkyl halides is 3. The van der Waals surface area contributed by atoms with Crippen LogP contribution in [0.15, 0.2) is 18.3 Å². The van der Waals surface area contributed by atoms with Crippen molar-refractivity contribution in [3.63, 3.8) is 0 Å². The quantitative estimate of drug-likeness (QED) is 0.923. The van der Waals surface area contributed by atoms with Crippen LogP contribution >= 0.6 is 0 Å². The first-order chi connectivity index (χ1) is 9.81. The lowest BCUT2D eigenvalue weighted by Crippen LogP contribution is -2.19. The highest BCUT2D eigenvalue weighted by atomic mass is 19.4. The van der Waals surface area contributed by atoms with Crippen molar-refractivity contribution >= 4 is 0 Å². The Balaban J connectivity index is 2.05. The molecule has 1 N–H and O–H groups in total. The molecule has 0 aliphatic rings. The summed E-state index contributed by atoms with van der Waals surface area (Å²) >= 11 is 0. The molecule has 0 aliphatic carbocycles. The molecular formula is C13H18F3N5. The van der Waals surface area contributed by atoms with Crippen molar-refractivity contribution in [2.75, 3.05) is 0 Å². The van der Waals surface area contributed by atoms with Crippen LogP contribution in [0.4, 0.5) is 13.2 Å². The molecule has 0 fully saturated rings. The van der Waals surface area contributed by atoms with Gasteiger partial charge in [-0.2, -0.15) is 23.4 Å². The van der Waals surface area contributed by atoms with Crippen LogP contribution in [0, 0.1) is 0 Å². The van der Waals surface area contributed by atoms with Crippen LogP contribution < -0.4 is 5.32 Å². The van der Waals surface area contributed by atoms with Crippen LogP contribution in [0.3, 0.4) is 0 Å². The number of nitrogens with zero attached hydrogens (tertiary/aromatic N) is 4. The lowest BCUT2D eigenvalue weighted by atomic mass is 10.2. The van der Waals surface area contributed by atoms with Gasteiger partial charge in [-0.05, 0) is 26.0 Å². The molecule has 0 saturated heterocycles. The second-order valence-corrected chi connectivity index (χ2v) is 4.85. The molecule has 116 valence electrons. The second kappa shape index (κ2) is 5.88. The summed E-state index contributed by atoms with van der Waals surface area (Å²) in [7, 11) is 1.81. The zero-order chi connectivity index (χ0) is 15.6. The lowest BCUT2D eigenvalue weighted by Gasteiger charge is -2.09. The van der Waals surface area contributed by atoms with E-state index in [0.717, 1.165) is 16.4 Å². The molecule has 0 spiro atoms. The third-order valence-corrected chi connectivity index (χ3v) is 3.19. The molecule has 0 aliphatic heterocycles. The van der Waals surface area contributed by atoms with Crippen LogP contribution in [0.25, 0.3) is 0 Å². The van der Waals surface area contributed by atoms with Crippen LogP contribution in [-0.2, 0) is 26.3 Å². The summed E-state index contributed by atoms with van der Waals surface area (Å²) in [5, 5.41) is 11.3. The summed E-state index contributed by atoms with van der Waals surface area (Å²) in [6.45, 7) is 3.98. The van der Waals surface area contributed by atoms with Gasteiger partial charge in [0.15, 0.2) is 0 Å². The fourth-order valence-corrected chi connectivity index (χ4v) is 2.05. The van der Waals surface area contributed by atoms with E-state index in [0.29, 0.717) is 5.69 Å². The normalized spacial score (nSPS) is 13.6. The van der Waals surface area contributed by atoms with E-state index in [9.17, 15) is 13.2 Å². The monoisotopic (exact) mass is 301 g/mol. The first kappa shape index (κ1) is 15.6. The van der Waals surface area contributed by atoms with Gasteiger partial charge < -0.3 is 5.32 Å². The number of rotatable bonds is 5. The van der Waals surface area contributed by atoms with E-state index in [1.165, 1.54) is 0 Å². The molecule has 2 aromatic rings. The Morgan fingerprint density at radius 2 is 2.05 bits per heavy atom. The van der Waals surface area contributed by atoms with Gasteiger partial charge in [0.2, 0.25) is 0 Å². The summed E-state index contributed by atoms with van der Waals surface area (Å²) in [6, 6.07) is 2.89. The average Bonchev–Trinajstić information content (AvgIpc) is 3.01. The first-order valence-electron chi connectivity index (χ1n) is 6.68. The van der Waals surface area contributed by atoms with E-state index in [1.54, 1.807) is 11.6 Å². The molecule has 5 nitrogen and oxygen atoms in total. The Morgan fingerprint density at radius 3 is 2.52 bits per heavy atom. The maximum absolute atomic E-state index is 12.8. The fourth-order valence-electron chi connectivity index (χ4n) is 2.05. The number of hydrogen-bond donors (Lipinski definition) is 1. The van der Waals surface area contributed by atoms with Crippen LogP contribution in [0.5, 0.6) is 0 Å². The van der Waals surface area contributed by atoms with Crippen molar-refractivity contribution in [3.05, 3.63) is 35.4 Å². The summed E-state index contributed by atoms with van der Waals surface area (Å²) in [4.78, 5) is 0. The number of halogens is 3. The molecule has 1 atom stereocenters. The van der Waals surface area contributed by atoms with Crippen LogP contribution in [0.1, 0.15) is 37.0 Å². The highest BCUT2D eigenvalue weighted by Gasteiger charge is 2.35. The summed E-state index contributed by atoms with van der Waals surface area (Å²) in [5.41, 5.74) is 0.489. The van der Waals surface area contributed by atoms with Crippen molar-refractivity contribution in [1.29, 1.82) is 0 Å². The van der Waals surface area contributed by atoms with Crippen molar-refractivity contribution in [2.45, 2.75) is 39.2 Å². The molecule has 2 aromatic heterocycles. The number of aromatic nitrogens is 4. The van der Waals surface area contributed by atoms with E-state index in [4.69, 9.17) is 0 Å². The van der Waals surface area contributed by atoms with E-state index < -0.39 is 11.9 Å². The van der Waals surface area contributed by atoms with Gasteiger partial charge in [-0.1, -0.05) is 0 Å². The summed E-state index contributed by atoms with van der Waals surface area (Å²) < 4.78 is 41.1. The fraction of sp³-hybridized carbons (Fsp3) is 0.538. The Labute approximate surface area is 120 Å². The van der Waals surface area contributed by atoms with Gasteiger partial charge in [-0.25, -0.2) is 0 Å². The van der Waals surface area contributed by atoms with E-state index >= 15 is 0 Å². The molecule has 21 heavy (non-hydrogen) atoms. The van der Waals surface area contributed by atoms with Crippen molar-refractivity contribution < 1.29 is 13.2 Å². The topological polar surface area (TPSA) is 47.7 Å². The zero-order valence-electron chi connectivity index (χ0n) is 12.1. The van der Waals surface area contributed by atoms with E-state index in [1.807, 2.05) is 26.2 Å². The Kier molecular flexibility index (Phi) is 4.36. The lowest BCUT2D eigenvalue weighted by molar-refractivity contribution is -0.144. The smallest absolute Gasteiger partial charge is 0.303 e. The van der Waals surface area contributed by atoms with Gasteiger partial charge in [0, 0.05) is 32.4 Å². The van der Waals surface area contributed by atoms with Gasteiger partial charge >= 0.3 is 6.18 Å². The van der Waals surface area contributed by atoms with E-state index in [-0.39, 0.29) is 19.1 Å². The molecule has 1 unspecified atom stereocenters. The first-order valence-corrected chi connectivity index (χ1v) is 6.68. The predicted molar refractivity (Wildman–Crippen MR) is 71.4 cm³/mol. The molecule has 2 heterocycles. The second-order valence-electron chi connectivity index (χ2n) is 4.85. The van der Waals surface area contributed by atoms with Crippen molar-refractivity contribution in [1.82, 2.24) is 24.9 Å². The van der Waals surface area contributed by atoms with Gasteiger partial charge in [-0.3, -0.25) is 9.36 Å². The standard InChI is InChI=1S/C13H18F3N5/c1-4-21-12(13(14,15)16)7-10(18-21)8-17-9(2)11-5-6-20(3)19-11/h5-7,9,17H,4,8H2,1-3H3. The Bertz CT molecular complexity index is 599. The Hall–Kier alpha value is -1.83. The van der Waals surface area contributed by atoms with Gasteiger partial charge in [0.25, 0.3) is 0 Å². The SMILES string of the molecule is CCn1nc(CNC(C)c2ccn(C)n2)cc1C(F)(F)F. The minimum absolute atomic E-state index is 0.0627. The Morgan fingerprint density at radius 1 is 1.33 bits per heavy atom. The molecule has 2 rings (SSSR count). The number of nitrogens with one attached hydrogen (secondary N) is 1. The molecule has 0 aromatic carbocycles. The van der Waals surface area contributed by atoms with Gasteiger partial charge in [-0.15, -0.1) is 0 Å². The van der Waals surface area contributed by atoms with Gasteiger partial charge in [0.05, 0.1) is 11.4 Å². The number of aryl methyl sites for hydroxylation is 2. The highest BCUT2D eigenvalue weighted by molar-refractivity contribution is 5.14. The largest absolute Gasteiger partial charge is 0.433 e.